The monoisotopic (exact) mass is 577 g/mol. The van der Waals surface area contributed by atoms with E-state index in [0.717, 1.165) is 44.0 Å². The van der Waals surface area contributed by atoms with Crippen molar-refractivity contribution in [3.63, 3.8) is 0 Å². The number of rotatable bonds is 7. The molecule has 0 bridgehead atoms. The third-order valence-corrected chi connectivity index (χ3v) is 9.83. The highest BCUT2D eigenvalue weighted by Gasteiger charge is 2.23. The number of benzene rings is 3. The number of aromatic nitrogens is 1. The molecular formula is C31H36FN5O3S. The smallest absolute Gasteiger partial charge is 0.300 e. The summed E-state index contributed by atoms with van der Waals surface area (Å²) in [5.74, 6) is -0.0785. The summed E-state index contributed by atoms with van der Waals surface area (Å²) in [6.07, 6.45) is 0. The van der Waals surface area contributed by atoms with Gasteiger partial charge in [0.05, 0.1) is 11.5 Å². The highest BCUT2D eigenvalue weighted by Crippen LogP contribution is 2.33. The van der Waals surface area contributed by atoms with Crippen LogP contribution >= 0.6 is 0 Å². The number of para-hydroxylation sites is 1. The summed E-state index contributed by atoms with van der Waals surface area (Å²) in [4.78, 5) is 11.5. The standard InChI is InChI=1S/C31H36FN5O3S/c1-3-35-11-13-37(14-12-35)29-10-9-25(19-22(29)2)33-31-34-28-6-4-5-26(30(28)40-31)23-7-8-24(27(32)20-23)21-36-15-17-41(38,39)18-16-36/h4-10,19-20H,3,11-18,21H2,1-2H3,(H,33,34). The minimum absolute atomic E-state index is 0.122. The highest BCUT2D eigenvalue weighted by molar-refractivity contribution is 7.91. The lowest BCUT2D eigenvalue weighted by molar-refractivity contribution is 0.271. The maximum Gasteiger partial charge on any atom is 0.300 e. The van der Waals surface area contributed by atoms with E-state index in [1.54, 1.807) is 6.07 Å². The van der Waals surface area contributed by atoms with Crippen LogP contribution < -0.4 is 10.2 Å². The second-order valence-corrected chi connectivity index (χ2v) is 13.3. The molecule has 2 aliphatic heterocycles. The SMILES string of the molecule is CCN1CCN(c2ccc(Nc3nc4cccc(-c5ccc(CN6CCS(=O)(=O)CC6)c(F)c5)c4o3)cc2C)CC1. The molecule has 2 aliphatic rings. The van der Waals surface area contributed by atoms with E-state index < -0.39 is 9.84 Å². The molecule has 216 valence electrons. The number of hydrogen-bond acceptors (Lipinski definition) is 8. The third-order valence-electron chi connectivity index (χ3n) is 8.22. The highest BCUT2D eigenvalue weighted by atomic mass is 32.2. The van der Waals surface area contributed by atoms with Crippen LogP contribution in [-0.2, 0) is 16.4 Å². The van der Waals surface area contributed by atoms with Gasteiger partial charge in [-0.1, -0.05) is 31.2 Å². The Hall–Kier alpha value is -3.47. The molecule has 0 radical (unpaired) electrons. The van der Waals surface area contributed by atoms with Crippen LogP contribution in [0.5, 0.6) is 0 Å². The fourth-order valence-electron chi connectivity index (χ4n) is 5.74. The second-order valence-electron chi connectivity index (χ2n) is 11.0. The zero-order valence-electron chi connectivity index (χ0n) is 23.6. The van der Waals surface area contributed by atoms with E-state index in [4.69, 9.17) is 4.42 Å². The molecule has 0 unspecified atom stereocenters. The third kappa shape index (κ3) is 6.10. The summed E-state index contributed by atoms with van der Waals surface area (Å²) in [6.45, 7) is 10.9. The first-order valence-electron chi connectivity index (χ1n) is 14.2. The number of halogens is 1. The first-order chi connectivity index (χ1) is 19.8. The van der Waals surface area contributed by atoms with Crippen molar-refractivity contribution in [3.05, 3.63) is 71.5 Å². The minimum Gasteiger partial charge on any atom is -0.423 e. The predicted molar refractivity (Wildman–Crippen MR) is 162 cm³/mol. The molecule has 0 amide bonds. The lowest BCUT2D eigenvalue weighted by atomic mass is 10.0. The summed E-state index contributed by atoms with van der Waals surface area (Å²) in [5, 5.41) is 3.30. The second kappa shape index (κ2) is 11.4. The topological polar surface area (TPSA) is 81.9 Å². The molecule has 0 atom stereocenters. The van der Waals surface area contributed by atoms with Crippen LogP contribution in [0.4, 0.5) is 21.8 Å². The van der Waals surface area contributed by atoms with Gasteiger partial charge in [-0.05, 0) is 54.9 Å². The van der Waals surface area contributed by atoms with Crippen molar-refractivity contribution in [2.24, 2.45) is 0 Å². The van der Waals surface area contributed by atoms with Crippen LogP contribution in [0.2, 0.25) is 0 Å². The van der Waals surface area contributed by atoms with Crippen molar-refractivity contribution >= 4 is 38.3 Å². The Morgan fingerprint density at radius 3 is 2.44 bits per heavy atom. The van der Waals surface area contributed by atoms with Crippen LogP contribution in [0.15, 0.2) is 59.0 Å². The average molecular weight is 578 g/mol. The van der Waals surface area contributed by atoms with Gasteiger partial charge in [0.25, 0.3) is 6.01 Å². The summed E-state index contributed by atoms with van der Waals surface area (Å²) in [7, 11) is -2.97. The Morgan fingerprint density at radius 2 is 1.73 bits per heavy atom. The van der Waals surface area contributed by atoms with E-state index in [9.17, 15) is 8.42 Å². The maximum absolute atomic E-state index is 15.2. The van der Waals surface area contributed by atoms with Crippen LogP contribution in [-0.4, -0.2) is 80.5 Å². The average Bonchev–Trinajstić information content (AvgIpc) is 3.38. The van der Waals surface area contributed by atoms with Gasteiger partial charge in [0.2, 0.25) is 0 Å². The van der Waals surface area contributed by atoms with Crippen LogP contribution in [0.3, 0.4) is 0 Å². The van der Waals surface area contributed by atoms with Gasteiger partial charge >= 0.3 is 0 Å². The fraction of sp³-hybridized carbons (Fsp3) is 0.387. The number of fused-ring (bicyclic) bond motifs is 1. The molecule has 3 aromatic carbocycles. The first kappa shape index (κ1) is 27.7. The number of aryl methyl sites for hydroxylation is 1. The number of hydrogen-bond donors (Lipinski definition) is 1. The maximum atomic E-state index is 15.2. The number of likely N-dealkylation sites (N-methyl/N-ethyl adjacent to an activating group) is 1. The first-order valence-corrected chi connectivity index (χ1v) is 16.1. The normalized spacial score (nSPS) is 18.2. The van der Waals surface area contributed by atoms with Gasteiger partial charge < -0.3 is 19.5 Å². The molecule has 0 spiro atoms. The fourth-order valence-corrected chi connectivity index (χ4v) is 7.02. The van der Waals surface area contributed by atoms with Crippen molar-refractivity contribution in [1.29, 1.82) is 0 Å². The molecule has 0 saturated carbocycles. The van der Waals surface area contributed by atoms with Gasteiger partial charge in [-0.2, -0.15) is 4.98 Å². The van der Waals surface area contributed by atoms with Crippen molar-refractivity contribution in [3.8, 4) is 11.1 Å². The van der Waals surface area contributed by atoms with Gasteiger partial charge in [0.15, 0.2) is 15.4 Å². The summed E-state index contributed by atoms with van der Waals surface area (Å²) < 4.78 is 44.7. The molecule has 1 N–H and O–H groups in total. The lowest BCUT2D eigenvalue weighted by Gasteiger charge is -2.36. The number of piperazine rings is 1. The van der Waals surface area contributed by atoms with Gasteiger partial charge in [-0.15, -0.1) is 0 Å². The minimum atomic E-state index is -2.97. The Bertz CT molecular complexity index is 1650. The van der Waals surface area contributed by atoms with E-state index in [2.05, 4.69) is 52.1 Å². The van der Waals surface area contributed by atoms with Crippen LogP contribution in [0.25, 0.3) is 22.2 Å². The molecule has 0 aliphatic carbocycles. The lowest BCUT2D eigenvalue weighted by Crippen LogP contribution is -2.46. The van der Waals surface area contributed by atoms with Crippen LogP contribution in [0.1, 0.15) is 18.1 Å². The number of nitrogens with one attached hydrogen (secondary N) is 1. The Morgan fingerprint density at radius 1 is 0.951 bits per heavy atom. The van der Waals surface area contributed by atoms with Gasteiger partial charge in [-0.25, -0.2) is 12.8 Å². The van der Waals surface area contributed by atoms with Gasteiger partial charge in [0, 0.05) is 68.3 Å². The predicted octanol–water partition coefficient (Wildman–Crippen LogP) is 5.06. The summed E-state index contributed by atoms with van der Waals surface area (Å²) >= 11 is 0. The van der Waals surface area contributed by atoms with Crippen molar-refractivity contribution < 1.29 is 17.2 Å². The van der Waals surface area contributed by atoms with E-state index in [1.165, 1.54) is 17.3 Å². The molecule has 2 fully saturated rings. The molecular weight excluding hydrogens is 541 g/mol. The molecule has 4 aromatic rings. The zero-order valence-corrected chi connectivity index (χ0v) is 24.4. The molecule has 8 nitrogen and oxygen atoms in total. The van der Waals surface area contributed by atoms with Gasteiger partial charge in [-0.3, -0.25) is 4.90 Å². The Kier molecular flexibility index (Phi) is 7.72. The molecule has 3 heterocycles. The molecule has 10 heteroatoms. The Balaban J connectivity index is 1.18. The summed E-state index contributed by atoms with van der Waals surface area (Å²) in [6, 6.07) is 17.5. The number of oxazole rings is 1. The van der Waals surface area contributed by atoms with E-state index in [1.807, 2.05) is 29.2 Å². The van der Waals surface area contributed by atoms with E-state index in [-0.39, 0.29) is 17.3 Å². The molecule has 41 heavy (non-hydrogen) atoms. The van der Waals surface area contributed by atoms with Crippen molar-refractivity contribution in [2.45, 2.75) is 20.4 Å². The molecule has 1 aromatic heterocycles. The van der Waals surface area contributed by atoms with Crippen molar-refractivity contribution in [2.75, 3.05) is 67.5 Å². The van der Waals surface area contributed by atoms with Gasteiger partial charge in [0.1, 0.15) is 11.3 Å². The largest absolute Gasteiger partial charge is 0.423 e. The van der Waals surface area contributed by atoms with E-state index >= 15 is 4.39 Å². The number of sulfone groups is 1. The molecule has 6 rings (SSSR count). The zero-order chi connectivity index (χ0) is 28.6. The quantitative estimate of drug-likeness (QED) is 0.327. The van der Waals surface area contributed by atoms with Crippen molar-refractivity contribution in [1.82, 2.24) is 14.8 Å². The number of anilines is 3. The molecule has 2 saturated heterocycles. The summed E-state index contributed by atoms with van der Waals surface area (Å²) in [5.41, 5.74) is 6.62. The van der Waals surface area contributed by atoms with Crippen LogP contribution in [0, 0.1) is 12.7 Å². The number of nitrogens with zero attached hydrogens (tertiary/aromatic N) is 4. The van der Waals surface area contributed by atoms with E-state index in [0.29, 0.717) is 47.9 Å². The Labute approximate surface area is 240 Å².